The Balaban J connectivity index is 1.06. The van der Waals surface area contributed by atoms with Crippen molar-refractivity contribution in [2.75, 3.05) is 10.6 Å². The normalized spacial score (nSPS) is 10.7. The van der Waals surface area contributed by atoms with Crippen LogP contribution in [0.4, 0.5) is 43.7 Å². The smallest absolute Gasteiger partial charge is 0.307 e. The highest BCUT2D eigenvalue weighted by atomic mass is 16.2. The molecule has 0 heterocycles. The third-order valence-electron chi connectivity index (χ3n) is 5.76. The minimum absolute atomic E-state index is 0.0328. The van der Waals surface area contributed by atoms with E-state index in [1.165, 1.54) is 0 Å². The van der Waals surface area contributed by atoms with Crippen LogP contribution in [-0.4, -0.2) is 23.9 Å². The van der Waals surface area contributed by atoms with Crippen LogP contribution in [0.25, 0.3) is 0 Å². The molecule has 0 unspecified atom stereocenters. The quantitative estimate of drug-likeness (QED) is 0.0866. The Morgan fingerprint density at radius 3 is 1.11 bits per heavy atom. The zero-order valence-corrected chi connectivity index (χ0v) is 23.9. The lowest BCUT2D eigenvalue weighted by atomic mass is 10.2. The molecule has 6 N–H and O–H groups in total. The lowest BCUT2D eigenvalue weighted by Gasteiger charge is -2.10. The van der Waals surface area contributed by atoms with E-state index in [0.29, 0.717) is 22.7 Å². The summed E-state index contributed by atoms with van der Waals surface area (Å²) in [5, 5.41) is 21.7. The molecule has 4 aromatic rings. The molecule has 45 heavy (non-hydrogen) atoms. The van der Waals surface area contributed by atoms with Gasteiger partial charge in [0.15, 0.2) is 0 Å². The molecule has 0 aliphatic carbocycles. The number of urea groups is 2. The van der Waals surface area contributed by atoms with Crippen LogP contribution in [0.5, 0.6) is 0 Å². The largest absolute Gasteiger partial charge is 0.337 e. The molecule has 0 aromatic heterocycles. The predicted molar refractivity (Wildman–Crippen MR) is 169 cm³/mol. The molecule has 0 bridgehead atoms. The molecule has 0 fully saturated rings. The molecule has 0 aliphatic heterocycles. The molecule has 4 aromatic carbocycles. The maximum atomic E-state index is 12.1. The molecule has 4 rings (SSSR count). The Morgan fingerprint density at radius 1 is 0.422 bits per heavy atom. The highest BCUT2D eigenvalue weighted by molar-refractivity contribution is 5.92. The predicted octanol–water partition coefficient (Wildman–Crippen LogP) is 6.69. The summed E-state index contributed by atoms with van der Waals surface area (Å²) in [6.07, 6.45) is 0.117. The summed E-state index contributed by atoms with van der Waals surface area (Å²) in [4.78, 5) is 48.2. The van der Waals surface area contributed by atoms with E-state index >= 15 is 0 Å². The summed E-state index contributed by atoms with van der Waals surface area (Å²) >= 11 is 0. The monoisotopic (exact) mass is 606 g/mol. The Labute approximate surface area is 258 Å². The topological polar surface area (TPSA) is 190 Å². The van der Waals surface area contributed by atoms with Crippen LogP contribution in [0.1, 0.15) is 19.3 Å². The lowest BCUT2D eigenvalue weighted by molar-refractivity contribution is -0.123. The zero-order valence-electron chi connectivity index (χ0n) is 23.9. The molecule has 0 saturated carbocycles. The van der Waals surface area contributed by atoms with Gasteiger partial charge in [-0.3, -0.25) is 20.4 Å². The average Bonchev–Trinajstić information content (AvgIpc) is 3.07. The van der Waals surface area contributed by atoms with Gasteiger partial charge in [-0.1, -0.05) is 36.4 Å². The first kappa shape index (κ1) is 31.5. The van der Waals surface area contributed by atoms with Crippen molar-refractivity contribution < 1.29 is 19.2 Å². The summed E-state index contributed by atoms with van der Waals surface area (Å²) in [7, 11) is 0. The van der Waals surface area contributed by atoms with E-state index in [-0.39, 0.29) is 19.3 Å². The molecule has 14 nitrogen and oxygen atoms in total. The fourth-order valence-electron chi connectivity index (χ4n) is 3.56. The van der Waals surface area contributed by atoms with Gasteiger partial charge in [-0.25, -0.2) is 20.4 Å². The van der Waals surface area contributed by atoms with E-state index in [4.69, 9.17) is 0 Å². The molecular formula is C31H30N10O4. The molecule has 0 spiro atoms. The SMILES string of the molecule is O=C(CCCC(=O)NNC(=O)Nc1ccc(N=Nc2ccccc2)cc1)NNC(=O)Nc1ccc(N=Nc2ccccc2)cc1. The van der Waals surface area contributed by atoms with Crippen molar-refractivity contribution >= 4 is 58.0 Å². The highest BCUT2D eigenvalue weighted by Crippen LogP contribution is 2.21. The van der Waals surface area contributed by atoms with Crippen molar-refractivity contribution in [1.82, 2.24) is 21.7 Å². The number of rotatable bonds is 10. The average molecular weight is 607 g/mol. The second-order valence-corrected chi connectivity index (χ2v) is 9.27. The zero-order chi connectivity index (χ0) is 31.7. The number of carbonyl (C=O) groups is 4. The summed E-state index contributed by atoms with van der Waals surface area (Å²) < 4.78 is 0. The number of hydrazine groups is 2. The van der Waals surface area contributed by atoms with Gasteiger partial charge in [0.05, 0.1) is 22.7 Å². The van der Waals surface area contributed by atoms with Crippen LogP contribution < -0.4 is 32.3 Å². The Hall–Kier alpha value is -6.44. The number of benzene rings is 4. The highest BCUT2D eigenvalue weighted by Gasteiger charge is 2.09. The first-order valence-corrected chi connectivity index (χ1v) is 13.8. The van der Waals surface area contributed by atoms with Crippen LogP contribution in [0.15, 0.2) is 130 Å². The van der Waals surface area contributed by atoms with E-state index < -0.39 is 23.9 Å². The number of hydrogen-bond donors (Lipinski definition) is 6. The van der Waals surface area contributed by atoms with Crippen molar-refractivity contribution in [3.63, 3.8) is 0 Å². The summed E-state index contributed by atoms with van der Waals surface area (Å²) in [5.74, 6) is -0.987. The van der Waals surface area contributed by atoms with E-state index in [1.54, 1.807) is 48.5 Å². The van der Waals surface area contributed by atoms with Gasteiger partial charge in [-0.2, -0.15) is 20.5 Å². The maximum absolute atomic E-state index is 12.1. The van der Waals surface area contributed by atoms with Crippen molar-refractivity contribution in [2.45, 2.75) is 19.3 Å². The fraction of sp³-hybridized carbons (Fsp3) is 0.0968. The third-order valence-corrected chi connectivity index (χ3v) is 5.76. The van der Waals surface area contributed by atoms with Crippen molar-refractivity contribution in [1.29, 1.82) is 0 Å². The Bertz CT molecular complexity index is 1510. The lowest BCUT2D eigenvalue weighted by Crippen LogP contribution is -2.44. The molecule has 0 atom stereocenters. The molecular weight excluding hydrogens is 576 g/mol. The first-order chi connectivity index (χ1) is 21.9. The van der Waals surface area contributed by atoms with Crippen LogP contribution in [0.3, 0.4) is 0 Å². The van der Waals surface area contributed by atoms with E-state index in [0.717, 1.165) is 11.4 Å². The minimum Gasteiger partial charge on any atom is -0.307 e. The van der Waals surface area contributed by atoms with Gasteiger partial charge in [0.1, 0.15) is 0 Å². The first-order valence-electron chi connectivity index (χ1n) is 13.8. The number of azo groups is 2. The minimum atomic E-state index is -0.652. The van der Waals surface area contributed by atoms with Crippen LogP contribution in [0, 0.1) is 0 Å². The van der Waals surface area contributed by atoms with E-state index in [1.807, 2.05) is 60.7 Å². The number of nitrogens with one attached hydrogen (secondary N) is 6. The third kappa shape index (κ3) is 11.8. The molecule has 6 amide bonds. The molecule has 0 saturated heterocycles. The van der Waals surface area contributed by atoms with Gasteiger partial charge in [-0.05, 0) is 79.2 Å². The molecule has 228 valence electrons. The number of hydrogen-bond acceptors (Lipinski definition) is 8. The van der Waals surface area contributed by atoms with Crippen molar-refractivity contribution in [3.05, 3.63) is 109 Å². The Kier molecular flexibility index (Phi) is 11.8. The maximum Gasteiger partial charge on any atom is 0.337 e. The van der Waals surface area contributed by atoms with E-state index in [9.17, 15) is 19.2 Å². The fourth-order valence-corrected chi connectivity index (χ4v) is 3.56. The van der Waals surface area contributed by atoms with Crippen LogP contribution in [-0.2, 0) is 9.59 Å². The summed E-state index contributed by atoms with van der Waals surface area (Å²) in [5.41, 5.74) is 12.6. The van der Waals surface area contributed by atoms with Gasteiger partial charge in [0, 0.05) is 24.2 Å². The summed E-state index contributed by atoms with van der Waals surface area (Å²) in [6.45, 7) is 0. The van der Waals surface area contributed by atoms with Gasteiger partial charge in [0.25, 0.3) is 0 Å². The van der Waals surface area contributed by atoms with Gasteiger partial charge >= 0.3 is 12.1 Å². The second-order valence-electron chi connectivity index (χ2n) is 9.27. The number of nitrogens with zero attached hydrogens (tertiary/aromatic N) is 4. The number of carbonyl (C=O) groups excluding carboxylic acids is 4. The molecule has 14 heteroatoms. The van der Waals surface area contributed by atoms with Crippen molar-refractivity contribution in [2.24, 2.45) is 20.5 Å². The van der Waals surface area contributed by atoms with Crippen molar-refractivity contribution in [3.8, 4) is 0 Å². The van der Waals surface area contributed by atoms with Gasteiger partial charge in [-0.15, -0.1) is 0 Å². The second kappa shape index (κ2) is 16.9. The molecule has 0 radical (unpaired) electrons. The van der Waals surface area contributed by atoms with Crippen LogP contribution >= 0.6 is 0 Å². The van der Waals surface area contributed by atoms with E-state index in [2.05, 4.69) is 52.8 Å². The number of amides is 6. The molecule has 0 aliphatic rings. The standard InChI is InChI=1S/C31H30N10O4/c42-28(38-40-30(44)32-22-14-18-26(19-15-22)36-34-24-8-3-1-4-9-24)12-7-13-29(43)39-41-31(45)33-23-16-20-27(21-17-23)37-35-25-10-5-2-6-11-25/h1-6,8-11,14-21H,7,12-13H2,(H,38,42)(H,39,43)(H2,32,40,44)(H2,33,41,45). The van der Waals surface area contributed by atoms with Gasteiger partial charge in [0.2, 0.25) is 11.8 Å². The summed E-state index contributed by atoms with van der Waals surface area (Å²) in [6, 6.07) is 30.6. The van der Waals surface area contributed by atoms with Gasteiger partial charge < -0.3 is 10.6 Å². The number of anilines is 2. The van der Waals surface area contributed by atoms with Crippen LogP contribution in [0.2, 0.25) is 0 Å². The Morgan fingerprint density at radius 2 is 0.756 bits per heavy atom.